The van der Waals surface area contributed by atoms with Crippen LogP contribution in [0.5, 0.6) is 0 Å². The average molecular weight is 294 g/mol. The first-order valence-electron chi connectivity index (χ1n) is 0.548. The van der Waals surface area contributed by atoms with Gasteiger partial charge in [-0.1, -0.05) is 0 Å². The predicted molar refractivity (Wildman–Crippen MR) is 21.9 cm³/mol. The molecule has 4 radical (unpaired) electrons. The van der Waals surface area contributed by atoms with Crippen molar-refractivity contribution in [2.24, 2.45) is 0 Å². The van der Waals surface area contributed by atoms with E-state index in [1.54, 1.807) is 0 Å². The topological polar surface area (TPSA) is 66.2 Å². The Kier molecular flexibility index (Phi) is 24.5. The van der Waals surface area contributed by atoms with E-state index in [-0.39, 0.29) is 50.4 Å². The van der Waals surface area contributed by atoms with Gasteiger partial charge in [0.05, 0.1) is 5.09 Å². The van der Waals surface area contributed by atoms with Crippen LogP contribution in [-0.2, 0) is 0 Å². The van der Waals surface area contributed by atoms with Crippen LogP contribution in [-0.4, -0.2) is 55.4 Å². The van der Waals surface area contributed by atoms with Crippen molar-refractivity contribution < 1.29 is 5.09 Å². The van der Waals surface area contributed by atoms with E-state index in [1.165, 1.54) is 0 Å². The second-order valence-electron chi connectivity index (χ2n) is 0.224. The van der Waals surface area contributed by atoms with Crippen molar-refractivity contribution in [3.8, 4) is 0 Å². The molecule has 6 heavy (non-hydrogen) atoms. The molecule has 0 unspecified atom stereocenters. The average Bonchev–Trinajstić information content (AvgIpc) is 0.811. The van der Waals surface area contributed by atoms with Crippen molar-refractivity contribution >= 4 is 50.4 Å². The van der Waals surface area contributed by atoms with E-state index in [2.05, 4.69) is 0 Å². The van der Waals surface area contributed by atoms with Gasteiger partial charge in [0.1, 0.15) is 0 Å². The molecule has 0 saturated heterocycles. The molecule has 0 spiro atoms. The van der Waals surface area contributed by atoms with E-state index >= 15 is 0 Å². The van der Waals surface area contributed by atoms with Crippen molar-refractivity contribution in [1.82, 2.24) is 0 Å². The predicted octanol–water partition coefficient (Wildman–Crippen LogP) is -1.00. The summed E-state index contributed by atoms with van der Waals surface area (Å²) in [4.78, 5) is 8.25. The summed E-state index contributed by atoms with van der Waals surface area (Å²) in [6, 6.07) is 0. The van der Waals surface area contributed by atoms with Crippen LogP contribution in [0.2, 0.25) is 0 Å². The molecule has 0 aromatic heterocycles. The van der Waals surface area contributed by atoms with Crippen LogP contribution in [0.4, 0.5) is 0 Å². The molecular weight excluding hydrogens is 294 g/mol. The molecule has 0 heterocycles. The second kappa shape index (κ2) is 9.31. The zero-order chi connectivity index (χ0) is 3.58. The van der Waals surface area contributed by atoms with Crippen molar-refractivity contribution in [2.45, 2.75) is 0 Å². The van der Waals surface area contributed by atoms with Gasteiger partial charge in [-0.15, -0.1) is 0 Å². The Bertz CT molecular complexity index is 33.8. The number of hydrogen-bond acceptors (Lipinski definition) is 3. The molecule has 0 aromatic rings. The minimum absolute atomic E-state index is 0. The molecule has 4 nitrogen and oxygen atoms in total. The summed E-state index contributed by atoms with van der Waals surface area (Å²) in [5, 5.41) is 14.8. The van der Waals surface area contributed by atoms with Crippen molar-refractivity contribution in [3.05, 3.63) is 15.3 Å². The number of rotatable bonds is 0. The first-order valence-corrected chi connectivity index (χ1v) is 0.548. The molecule has 0 saturated carbocycles. The SMILES string of the molecule is O=[N+]([O-])[O-].[Mg+2].[Pb]. The summed E-state index contributed by atoms with van der Waals surface area (Å²) in [6.07, 6.45) is 0. The molecule has 0 atom stereocenters. The molecule has 0 fully saturated rings. The Hall–Kier alpha value is 0.888. The third-order valence-electron chi connectivity index (χ3n) is 0. The van der Waals surface area contributed by atoms with Crippen molar-refractivity contribution in [2.75, 3.05) is 0 Å². The molecule has 0 N–H and O–H groups in total. The number of hydrogen-bond donors (Lipinski definition) is 0. The molecule has 0 amide bonds. The van der Waals surface area contributed by atoms with Crippen LogP contribution in [0, 0.1) is 15.3 Å². The fourth-order valence-electron chi connectivity index (χ4n) is 0. The smallest absolute Gasteiger partial charge is 0.356 e. The van der Waals surface area contributed by atoms with Crippen LogP contribution >= 0.6 is 0 Å². The maximum atomic E-state index is 8.25. The maximum absolute atomic E-state index is 8.25. The Morgan fingerprint density at radius 1 is 1.33 bits per heavy atom. The molecule has 0 rings (SSSR count). The van der Waals surface area contributed by atoms with Crippen LogP contribution in [0.15, 0.2) is 0 Å². The van der Waals surface area contributed by atoms with Gasteiger partial charge < -0.3 is 15.3 Å². The summed E-state index contributed by atoms with van der Waals surface area (Å²) in [5.41, 5.74) is 0. The zero-order valence-electron chi connectivity index (χ0n) is 2.88. The zero-order valence-corrected chi connectivity index (χ0v) is 8.18. The number of nitrogens with zero attached hydrogens (tertiary/aromatic N) is 1. The van der Waals surface area contributed by atoms with E-state index in [1.807, 2.05) is 0 Å². The molecule has 0 aliphatic heterocycles. The molecule has 0 aromatic carbocycles. The Morgan fingerprint density at radius 2 is 1.33 bits per heavy atom. The second-order valence-corrected chi connectivity index (χ2v) is 0.224. The summed E-state index contributed by atoms with van der Waals surface area (Å²) in [6.45, 7) is 0. The van der Waals surface area contributed by atoms with Gasteiger partial charge in [0.2, 0.25) is 0 Å². The minimum atomic E-state index is -1.75. The third-order valence-corrected chi connectivity index (χ3v) is 0. The quantitative estimate of drug-likeness (QED) is 0.327. The fraction of sp³-hybridized carbons (Fsp3) is 0. The largest absolute Gasteiger partial charge is 2.00 e. The molecule has 0 aliphatic rings. The van der Waals surface area contributed by atoms with E-state index < -0.39 is 5.09 Å². The van der Waals surface area contributed by atoms with Gasteiger partial charge in [-0.25, -0.2) is 0 Å². The molecule has 28 valence electrons. The van der Waals surface area contributed by atoms with E-state index in [0.29, 0.717) is 0 Å². The maximum Gasteiger partial charge on any atom is 2.00 e. The van der Waals surface area contributed by atoms with Gasteiger partial charge in [-0.05, 0) is 0 Å². The van der Waals surface area contributed by atoms with Crippen LogP contribution in [0.1, 0.15) is 0 Å². The standard InChI is InChI=1S/Mg.NO3.Pb/c;2-1(3)4;/q+2;-1;. The first kappa shape index (κ1) is 15.8. The van der Waals surface area contributed by atoms with Gasteiger partial charge in [0.25, 0.3) is 0 Å². The molecule has 6 heteroatoms. The van der Waals surface area contributed by atoms with Gasteiger partial charge in [-0.3, -0.25) is 0 Å². The van der Waals surface area contributed by atoms with Gasteiger partial charge in [0.15, 0.2) is 0 Å². The Labute approximate surface area is 70.3 Å². The van der Waals surface area contributed by atoms with Crippen LogP contribution < -0.4 is 0 Å². The van der Waals surface area contributed by atoms with Crippen molar-refractivity contribution in [1.29, 1.82) is 0 Å². The van der Waals surface area contributed by atoms with Gasteiger partial charge in [0, 0.05) is 27.3 Å². The van der Waals surface area contributed by atoms with Gasteiger partial charge in [-0.2, -0.15) is 0 Å². The molecule has 0 bridgehead atoms. The van der Waals surface area contributed by atoms with Gasteiger partial charge >= 0.3 is 23.1 Å². The summed E-state index contributed by atoms with van der Waals surface area (Å²) < 4.78 is 0. The van der Waals surface area contributed by atoms with Crippen LogP contribution in [0.25, 0.3) is 0 Å². The monoisotopic (exact) mass is 294 g/mol. The van der Waals surface area contributed by atoms with Crippen LogP contribution in [0.3, 0.4) is 0 Å². The first-order chi connectivity index (χ1) is 1.73. The fourth-order valence-corrected chi connectivity index (χ4v) is 0. The van der Waals surface area contributed by atoms with E-state index in [0.717, 1.165) is 0 Å². The molecular formula is MgNO3Pb+. The summed E-state index contributed by atoms with van der Waals surface area (Å²) >= 11 is 0. The van der Waals surface area contributed by atoms with E-state index in [9.17, 15) is 0 Å². The summed E-state index contributed by atoms with van der Waals surface area (Å²) in [5.74, 6) is 0. The normalized spacial score (nSPS) is 4.00. The minimum Gasteiger partial charge on any atom is -0.356 e. The van der Waals surface area contributed by atoms with E-state index in [4.69, 9.17) is 15.3 Å². The molecule has 0 aliphatic carbocycles. The Morgan fingerprint density at radius 3 is 1.33 bits per heavy atom. The summed E-state index contributed by atoms with van der Waals surface area (Å²) in [7, 11) is 0. The third kappa shape index (κ3) is 93.7. The Balaban J connectivity index is -0.0000000450. The van der Waals surface area contributed by atoms with Crippen molar-refractivity contribution in [3.63, 3.8) is 0 Å².